The SMILES string of the molecule is Cc1ccc(NC(=O)C2CCCC2C)cc1/C=C/C(=O)O. The first-order valence-corrected chi connectivity index (χ1v) is 7.30. The highest BCUT2D eigenvalue weighted by Gasteiger charge is 2.29. The summed E-state index contributed by atoms with van der Waals surface area (Å²) in [5.74, 6) is -0.397. The Morgan fingerprint density at radius 2 is 2.10 bits per heavy atom. The zero-order valence-electron chi connectivity index (χ0n) is 12.4. The Morgan fingerprint density at radius 3 is 2.71 bits per heavy atom. The molecule has 2 atom stereocenters. The third kappa shape index (κ3) is 3.94. The lowest BCUT2D eigenvalue weighted by Gasteiger charge is -2.15. The van der Waals surface area contributed by atoms with Crippen LogP contribution in [0, 0.1) is 18.8 Å². The number of benzene rings is 1. The molecule has 4 nitrogen and oxygen atoms in total. The molecule has 0 spiro atoms. The summed E-state index contributed by atoms with van der Waals surface area (Å²) in [7, 11) is 0. The van der Waals surface area contributed by atoms with E-state index in [1.807, 2.05) is 25.1 Å². The predicted octanol–water partition coefficient (Wildman–Crippen LogP) is 3.47. The van der Waals surface area contributed by atoms with E-state index >= 15 is 0 Å². The second-order valence-electron chi connectivity index (χ2n) is 5.75. The standard InChI is InChI=1S/C17H21NO3/c1-11-6-8-14(10-13(11)7-9-16(19)20)18-17(21)15-5-3-4-12(15)2/h6-10,12,15H,3-5H2,1-2H3,(H,18,21)(H,19,20)/b9-7+. The maximum atomic E-state index is 12.3. The van der Waals surface area contributed by atoms with E-state index in [-0.39, 0.29) is 11.8 Å². The molecule has 4 heteroatoms. The number of hydrogen-bond acceptors (Lipinski definition) is 2. The summed E-state index contributed by atoms with van der Waals surface area (Å²) in [5, 5.41) is 11.6. The molecule has 2 N–H and O–H groups in total. The first-order chi connectivity index (χ1) is 9.97. The van der Waals surface area contributed by atoms with Gasteiger partial charge in [0.25, 0.3) is 0 Å². The molecule has 0 heterocycles. The highest BCUT2D eigenvalue weighted by molar-refractivity contribution is 5.93. The van der Waals surface area contributed by atoms with E-state index in [1.165, 1.54) is 0 Å². The van der Waals surface area contributed by atoms with Gasteiger partial charge in [-0.1, -0.05) is 19.4 Å². The van der Waals surface area contributed by atoms with Crippen molar-refractivity contribution in [2.75, 3.05) is 5.32 Å². The Balaban J connectivity index is 2.11. The van der Waals surface area contributed by atoms with E-state index in [2.05, 4.69) is 12.2 Å². The number of aryl methyl sites for hydroxylation is 1. The van der Waals surface area contributed by atoms with Crippen molar-refractivity contribution >= 4 is 23.6 Å². The molecular weight excluding hydrogens is 266 g/mol. The number of anilines is 1. The first-order valence-electron chi connectivity index (χ1n) is 7.30. The predicted molar refractivity (Wildman–Crippen MR) is 83.0 cm³/mol. The van der Waals surface area contributed by atoms with Gasteiger partial charge < -0.3 is 10.4 Å². The van der Waals surface area contributed by atoms with Crippen molar-refractivity contribution in [3.8, 4) is 0 Å². The van der Waals surface area contributed by atoms with Crippen molar-refractivity contribution in [1.82, 2.24) is 0 Å². The van der Waals surface area contributed by atoms with Crippen molar-refractivity contribution in [2.45, 2.75) is 33.1 Å². The molecule has 0 bridgehead atoms. The smallest absolute Gasteiger partial charge is 0.328 e. The van der Waals surface area contributed by atoms with E-state index in [4.69, 9.17) is 5.11 Å². The third-order valence-corrected chi connectivity index (χ3v) is 4.15. The maximum absolute atomic E-state index is 12.3. The molecule has 2 rings (SSSR count). The highest BCUT2D eigenvalue weighted by Crippen LogP contribution is 2.32. The van der Waals surface area contributed by atoms with E-state index in [0.717, 1.165) is 42.2 Å². The molecule has 0 radical (unpaired) electrons. The van der Waals surface area contributed by atoms with Gasteiger partial charge in [0.15, 0.2) is 0 Å². The van der Waals surface area contributed by atoms with E-state index in [0.29, 0.717) is 5.92 Å². The van der Waals surface area contributed by atoms with Crippen LogP contribution in [0.5, 0.6) is 0 Å². The zero-order valence-corrected chi connectivity index (χ0v) is 12.4. The fraction of sp³-hybridized carbons (Fsp3) is 0.412. The van der Waals surface area contributed by atoms with E-state index < -0.39 is 5.97 Å². The maximum Gasteiger partial charge on any atom is 0.328 e. The number of aliphatic carboxylic acids is 1. The van der Waals surface area contributed by atoms with Crippen LogP contribution in [-0.4, -0.2) is 17.0 Å². The number of rotatable bonds is 4. The Hall–Kier alpha value is -2.10. The number of carbonyl (C=O) groups excluding carboxylic acids is 1. The first kappa shape index (κ1) is 15.3. The lowest BCUT2D eigenvalue weighted by molar-refractivity contribution is -0.131. The van der Waals surface area contributed by atoms with Crippen LogP contribution in [-0.2, 0) is 9.59 Å². The van der Waals surface area contributed by atoms with E-state index in [1.54, 1.807) is 6.08 Å². The van der Waals surface area contributed by atoms with Gasteiger partial charge in [-0.25, -0.2) is 4.79 Å². The summed E-state index contributed by atoms with van der Waals surface area (Å²) in [6.45, 7) is 4.03. The van der Waals surface area contributed by atoms with Gasteiger partial charge in [-0.15, -0.1) is 0 Å². The molecule has 21 heavy (non-hydrogen) atoms. The van der Waals surface area contributed by atoms with Crippen LogP contribution < -0.4 is 5.32 Å². The second kappa shape index (κ2) is 6.57. The van der Waals surface area contributed by atoms with Crippen molar-refractivity contribution < 1.29 is 14.7 Å². The minimum absolute atomic E-state index is 0.0667. The van der Waals surface area contributed by atoms with Crippen LogP contribution in [0.2, 0.25) is 0 Å². The van der Waals surface area contributed by atoms with Gasteiger partial charge >= 0.3 is 5.97 Å². The molecule has 1 aliphatic rings. The number of hydrogen-bond donors (Lipinski definition) is 2. The van der Waals surface area contributed by atoms with Crippen LogP contribution in [0.1, 0.15) is 37.3 Å². The summed E-state index contributed by atoms with van der Waals surface area (Å²) in [4.78, 5) is 22.9. The van der Waals surface area contributed by atoms with Crippen LogP contribution in [0.3, 0.4) is 0 Å². The van der Waals surface area contributed by atoms with Gasteiger partial charge in [0.05, 0.1) is 0 Å². The largest absolute Gasteiger partial charge is 0.478 e. The van der Waals surface area contributed by atoms with Crippen molar-refractivity contribution in [1.29, 1.82) is 0 Å². The molecule has 1 saturated carbocycles. The number of carbonyl (C=O) groups is 2. The zero-order chi connectivity index (χ0) is 15.4. The number of nitrogens with one attached hydrogen (secondary N) is 1. The molecule has 112 valence electrons. The molecular formula is C17H21NO3. The molecule has 0 aromatic heterocycles. The Bertz CT molecular complexity index is 577. The molecule has 1 fully saturated rings. The van der Waals surface area contributed by atoms with Crippen LogP contribution in [0.15, 0.2) is 24.3 Å². The summed E-state index contributed by atoms with van der Waals surface area (Å²) < 4.78 is 0. The van der Waals surface area contributed by atoms with Gasteiger partial charge in [-0.2, -0.15) is 0 Å². The summed E-state index contributed by atoms with van der Waals surface area (Å²) in [6, 6.07) is 5.55. The van der Waals surface area contributed by atoms with Gasteiger partial charge in [0.2, 0.25) is 5.91 Å². The lowest BCUT2D eigenvalue weighted by atomic mass is 9.97. The molecule has 1 aromatic carbocycles. The van der Waals surface area contributed by atoms with Crippen LogP contribution in [0.25, 0.3) is 6.08 Å². The fourth-order valence-corrected chi connectivity index (χ4v) is 2.83. The van der Waals surface area contributed by atoms with Crippen LogP contribution >= 0.6 is 0 Å². The summed E-state index contributed by atoms with van der Waals surface area (Å²) in [6.07, 6.45) is 5.82. The van der Waals surface area contributed by atoms with Crippen LogP contribution in [0.4, 0.5) is 5.69 Å². The normalized spacial score (nSPS) is 21.6. The van der Waals surface area contributed by atoms with E-state index in [9.17, 15) is 9.59 Å². The second-order valence-corrected chi connectivity index (χ2v) is 5.75. The quantitative estimate of drug-likeness (QED) is 0.833. The van der Waals surface area contributed by atoms with Gasteiger partial charge in [-0.05, 0) is 55.0 Å². The minimum Gasteiger partial charge on any atom is -0.478 e. The number of carboxylic acids is 1. The summed E-state index contributed by atoms with van der Waals surface area (Å²) >= 11 is 0. The molecule has 0 saturated heterocycles. The Labute approximate surface area is 124 Å². The molecule has 0 aliphatic heterocycles. The van der Waals surface area contributed by atoms with Crippen molar-refractivity contribution in [2.24, 2.45) is 11.8 Å². The Kier molecular flexibility index (Phi) is 4.78. The minimum atomic E-state index is -0.983. The third-order valence-electron chi connectivity index (χ3n) is 4.15. The number of carboxylic acid groups (broad SMARTS) is 1. The average molecular weight is 287 g/mol. The van der Waals surface area contributed by atoms with Gasteiger partial charge in [0.1, 0.15) is 0 Å². The van der Waals surface area contributed by atoms with Gasteiger partial charge in [-0.3, -0.25) is 4.79 Å². The molecule has 1 aliphatic carbocycles. The fourth-order valence-electron chi connectivity index (χ4n) is 2.83. The monoisotopic (exact) mass is 287 g/mol. The number of amides is 1. The topological polar surface area (TPSA) is 66.4 Å². The summed E-state index contributed by atoms with van der Waals surface area (Å²) in [5.41, 5.74) is 2.49. The Morgan fingerprint density at radius 1 is 1.33 bits per heavy atom. The van der Waals surface area contributed by atoms with Crippen molar-refractivity contribution in [3.05, 3.63) is 35.4 Å². The lowest BCUT2D eigenvalue weighted by Crippen LogP contribution is -2.24. The van der Waals surface area contributed by atoms with Gasteiger partial charge in [0, 0.05) is 17.7 Å². The van der Waals surface area contributed by atoms with Crippen molar-refractivity contribution in [3.63, 3.8) is 0 Å². The molecule has 1 amide bonds. The molecule has 2 unspecified atom stereocenters. The molecule has 1 aromatic rings. The highest BCUT2D eigenvalue weighted by atomic mass is 16.4. The average Bonchev–Trinajstić information content (AvgIpc) is 2.85.